The highest BCUT2D eigenvalue weighted by molar-refractivity contribution is 5.44. The maximum absolute atomic E-state index is 12.8. The molecule has 22 heavy (non-hydrogen) atoms. The molecule has 0 fully saturated rings. The summed E-state index contributed by atoms with van der Waals surface area (Å²) in [6, 6.07) is 1.99. The number of fused-ring (bicyclic) bond motifs is 1. The average molecular weight is 310 g/mol. The first kappa shape index (κ1) is 14.9. The van der Waals surface area contributed by atoms with Gasteiger partial charge in [0.1, 0.15) is 5.82 Å². The van der Waals surface area contributed by atoms with Gasteiger partial charge in [0.25, 0.3) is 0 Å². The summed E-state index contributed by atoms with van der Waals surface area (Å²) in [7, 11) is 1.90. The molecule has 0 radical (unpaired) electrons. The molecule has 118 valence electrons. The molecule has 0 bridgehead atoms. The summed E-state index contributed by atoms with van der Waals surface area (Å²) in [4.78, 5) is 4.02. The first-order valence-corrected chi connectivity index (χ1v) is 7.18. The lowest BCUT2D eigenvalue weighted by Crippen LogP contribution is -2.19. The zero-order valence-electron chi connectivity index (χ0n) is 12.4. The Hall–Kier alpha value is -2.05. The summed E-state index contributed by atoms with van der Waals surface area (Å²) < 4.78 is 40.2. The van der Waals surface area contributed by atoms with Crippen LogP contribution in [0, 0.1) is 6.92 Å². The van der Waals surface area contributed by atoms with E-state index in [9.17, 15) is 13.2 Å². The first-order valence-electron chi connectivity index (χ1n) is 7.18. The number of hydrogen-bond donors (Lipinski definition) is 1. The zero-order chi connectivity index (χ0) is 15.9. The van der Waals surface area contributed by atoms with Crippen molar-refractivity contribution in [3.8, 4) is 0 Å². The largest absolute Gasteiger partial charge is 0.416 e. The lowest BCUT2D eigenvalue weighted by Gasteiger charge is -2.25. The molecule has 0 spiro atoms. The van der Waals surface area contributed by atoms with Gasteiger partial charge in [-0.3, -0.25) is 4.68 Å². The molecule has 2 aromatic heterocycles. The highest BCUT2D eigenvalue weighted by Gasteiger charge is 2.31. The molecule has 0 aromatic carbocycles. The Morgan fingerprint density at radius 3 is 2.86 bits per heavy atom. The van der Waals surface area contributed by atoms with Gasteiger partial charge in [0, 0.05) is 24.5 Å². The molecule has 1 aliphatic rings. The van der Waals surface area contributed by atoms with Crippen molar-refractivity contribution in [1.29, 1.82) is 0 Å². The number of halogens is 3. The zero-order valence-corrected chi connectivity index (χ0v) is 12.4. The number of aryl methyl sites for hydroxylation is 2. The van der Waals surface area contributed by atoms with Crippen molar-refractivity contribution in [2.75, 3.05) is 5.32 Å². The van der Waals surface area contributed by atoms with E-state index in [2.05, 4.69) is 15.4 Å². The second kappa shape index (κ2) is 5.30. The number of nitrogens with zero attached hydrogens (tertiary/aromatic N) is 3. The predicted molar refractivity (Wildman–Crippen MR) is 76.5 cm³/mol. The lowest BCUT2D eigenvalue weighted by molar-refractivity contribution is -0.137. The van der Waals surface area contributed by atoms with Crippen molar-refractivity contribution in [3.63, 3.8) is 0 Å². The van der Waals surface area contributed by atoms with Crippen LogP contribution in [0.3, 0.4) is 0 Å². The minimum Gasteiger partial charge on any atom is -0.363 e. The van der Waals surface area contributed by atoms with E-state index in [0.717, 1.165) is 48.3 Å². The smallest absolute Gasteiger partial charge is 0.363 e. The van der Waals surface area contributed by atoms with Crippen molar-refractivity contribution in [2.45, 2.75) is 38.4 Å². The summed E-state index contributed by atoms with van der Waals surface area (Å²) in [5.74, 6) is 0.246. The van der Waals surface area contributed by atoms with Crippen LogP contribution in [0.5, 0.6) is 0 Å². The van der Waals surface area contributed by atoms with Gasteiger partial charge in [0.05, 0.1) is 17.3 Å². The van der Waals surface area contributed by atoms with E-state index in [1.165, 1.54) is 6.20 Å². The summed E-state index contributed by atoms with van der Waals surface area (Å²) in [6.45, 7) is 1.93. The molecule has 1 atom stereocenters. The van der Waals surface area contributed by atoms with Crippen molar-refractivity contribution in [1.82, 2.24) is 14.8 Å². The molecule has 4 nitrogen and oxygen atoms in total. The van der Waals surface area contributed by atoms with E-state index >= 15 is 0 Å². The normalized spacial score (nSPS) is 18.1. The van der Waals surface area contributed by atoms with E-state index in [4.69, 9.17) is 0 Å². The number of rotatable bonds is 2. The minimum absolute atomic E-state index is 0.0477. The van der Waals surface area contributed by atoms with Gasteiger partial charge in [-0.2, -0.15) is 18.3 Å². The molecule has 0 aliphatic heterocycles. The monoisotopic (exact) mass is 310 g/mol. The molecule has 1 aliphatic carbocycles. The number of pyridine rings is 1. The molecule has 2 aromatic rings. The first-order chi connectivity index (χ1) is 10.4. The Morgan fingerprint density at radius 1 is 1.36 bits per heavy atom. The Morgan fingerprint density at radius 2 is 2.14 bits per heavy atom. The topological polar surface area (TPSA) is 42.7 Å². The molecular weight excluding hydrogens is 293 g/mol. The van der Waals surface area contributed by atoms with Crippen LogP contribution in [-0.2, 0) is 19.6 Å². The van der Waals surface area contributed by atoms with Crippen LogP contribution in [-0.4, -0.2) is 14.8 Å². The third-order valence-corrected chi connectivity index (χ3v) is 4.06. The van der Waals surface area contributed by atoms with Crippen LogP contribution in [0.15, 0.2) is 18.3 Å². The maximum Gasteiger partial charge on any atom is 0.416 e. The molecule has 2 heterocycles. The van der Waals surface area contributed by atoms with E-state index in [1.807, 2.05) is 18.7 Å². The van der Waals surface area contributed by atoms with Crippen LogP contribution in [0.1, 0.15) is 41.4 Å². The maximum atomic E-state index is 12.8. The van der Waals surface area contributed by atoms with E-state index in [-0.39, 0.29) is 11.9 Å². The van der Waals surface area contributed by atoms with Gasteiger partial charge in [-0.05, 0) is 38.3 Å². The molecule has 0 saturated heterocycles. The van der Waals surface area contributed by atoms with Crippen LogP contribution < -0.4 is 5.32 Å². The van der Waals surface area contributed by atoms with Gasteiger partial charge in [-0.25, -0.2) is 4.98 Å². The standard InChI is InChI=1S/C15H17F3N4/c1-9-14-11(4-3-5-12(14)22(2)21-9)20-13-8-10(6-7-19-13)15(16,17)18/h6-8,11H,3-5H2,1-2H3,(H,19,20). The predicted octanol–water partition coefficient (Wildman–Crippen LogP) is 3.63. The lowest BCUT2D eigenvalue weighted by atomic mass is 9.91. The Bertz CT molecular complexity index is 691. The summed E-state index contributed by atoms with van der Waals surface area (Å²) in [5.41, 5.74) is 2.46. The number of nitrogens with one attached hydrogen (secondary N) is 1. The highest BCUT2D eigenvalue weighted by Crippen LogP contribution is 2.35. The van der Waals surface area contributed by atoms with Crippen LogP contribution in [0.25, 0.3) is 0 Å². The molecular formula is C15H17F3N4. The van der Waals surface area contributed by atoms with Gasteiger partial charge in [0.2, 0.25) is 0 Å². The van der Waals surface area contributed by atoms with Crippen LogP contribution in [0.4, 0.5) is 19.0 Å². The fraction of sp³-hybridized carbons (Fsp3) is 0.467. The molecule has 3 rings (SSSR count). The van der Waals surface area contributed by atoms with Crippen LogP contribution in [0.2, 0.25) is 0 Å². The third-order valence-electron chi connectivity index (χ3n) is 4.06. The summed E-state index contributed by atoms with van der Waals surface area (Å²) in [5, 5.41) is 7.56. The number of alkyl halides is 3. The fourth-order valence-electron chi connectivity index (χ4n) is 3.10. The molecule has 1 N–H and O–H groups in total. The van der Waals surface area contributed by atoms with E-state index < -0.39 is 11.7 Å². The van der Waals surface area contributed by atoms with Gasteiger partial charge < -0.3 is 5.32 Å². The van der Waals surface area contributed by atoms with Crippen LogP contribution >= 0.6 is 0 Å². The van der Waals surface area contributed by atoms with Gasteiger partial charge in [-0.1, -0.05) is 0 Å². The number of anilines is 1. The minimum atomic E-state index is -4.36. The van der Waals surface area contributed by atoms with E-state index in [0.29, 0.717) is 0 Å². The second-order valence-electron chi connectivity index (χ2n) is 5.59. The third kappa shape index (κ3) is 2.67. The summed E-state index contributed by atoms with van der Waals surface area (Å²) >= 11 is 0. The van der Waals surface area contributed by atoms with Crippen molar-refractivity contribution in [2.24, 2.45) is 7.05 Å². The molecule has 7 heteroatoms. The molecule has 0 amide bonds. The second-order valence-corrected chi connectivity index (χ2v) is 5.59. The molecule has 0 saturated carbocycles. The quantitative estimate of drug-likeness (QED) is 0.921. The molecule has 1 unspecified atom stereocenters. The highest BCUT2D eigenvalue weighted by atomic mass is 19.4. The van der Waals surface area contributed by atoms with E-state index in [1.54, 1.807) is 0 Å². The number of hydrogen-bond acceptors (Lipinski definition) is 3. The Balaban J connectivity index is 1.89. The fourth-order valence-corrected chi connectivity index (χ4v) is 3.10. The van der Waals surface area contributed by atoms with Crippen molar-refractivity contribution >= 4 is 5.82 Å². The van der Waals surface area contributed by atoms with Crippen molar-refractivity contribution in [3.05, 3.63) is 40.8 Å². The summed E-state index contributed by atoms with van der Waals surface area (Å²) in [6.07, 6.45) is -0.396. The van der Waals surface area contributed by atoms with Gasteiger partial charge in [-0.15, -0.1) is 0 Å². The SMILES string of the molecule is Cc1nn(C)c2c1C(Nc1cc(C(F)(F)F)ccn1)CCC2. The average Bonchev–Trinajstić information content (AvgIpc) is 2.74. The number of aromatic nitrogens is 3. The van der Waals surface area contributed by atoms with Gasteiger partial charge in [0.15, 0.2) is 0 Å². The van der Waals surface area contributed by atoms with Gasteiger partial charge >= 0.3 is 6.18 Å². The Kier molecular flexibility index (Phi) is 3.58. The van der Waals surface area contributed by atoms with Crippen molar-refractivity contribution < 1.29 is 13.2 Å². The Labute approximate surface area is 126 Å².